The number of hydrogen-bond donors (Lipinski definition) is 2. The van der Waals surface area contributed by atoms with E-state index in [-0.39, 0.29) is 20.9 Å². The summed E-state index contributed by atoms with van der Waals surface area (Å²) in [5.74, 6) is 0. The number of rotatable bonds is 4. The number of hydrogen-bond acceptors (Lipinski definition) is 3. The Morgan fingerprint density at radius 3 is 2.65 bits per heavy atom. The second-order valence-electron chi connectivity index (χ2n) is 3.91. The predicted octanol–water partition coefficient (Wildman–Crippen LogP) is 1.41. The summed E-state index contributed by atoms with van der Waals surface area (Å²) < 4.78 is 26.6. The molecule has 1 aromatic rings. The van der Waals surface area contributed by atoms with Gasteiger partial charge in [0.15, 0.2) is 0 Å². The molecule has 2 rings (SSSR count). The summed E-state index contributed by atoms with van der Waals surface area (Å²) in [6.45, 7) is 0. The molecule has 0 radical (unpaired) electrons. The van der Waals surface area contributed by atoms with Gasteiger partial charge in [-0.3, -0.25) is 0 Å². The lowest BCUT2D eigenvalue weighted by molar-refractivity contribution is 0.581. The Morgan fingerprint density at radius 2 is 2.12 bits per heavy atom. The first-order chi connectivity index (χ1) is 7.90. The third kappa shape index (κ3) is 2.95. The van der Waals surface area contributed by atoms with Crippen LogP contribution in [0.1, 0.15) is 18.4 Å². The maximum atomic E-state index is 12.0. The molecule has 4 nitrogen and oxygen atoms in total. The minimum atomic E-state index is -3.58. The standard InChI is InChI=1S/C10H11ClN2O2S2/c11-8-4-1-6(10(12)16)5-9(8)17(14,15)13-7-2-3-7/h1,4-5,7,13H,2-3H2,(H2,12,16). The first kappa shape index (κ1) is 12.8. The normalized spacial score (nSPS) is 15.8. The minimum absolute atomic E-state index is 0.0244. The van der Waals surface area contributed by atoms with E-state index in [4.69, 9.17) is 29.6 Å². The van der Waals surface area contributed by atoms with E-state index in [0.29, 0.717) is 5.56 Å². The van der Waals surface area contributed by atoms with Crippen molar-refractivity contribution < 1.29 is 8.42 Å². The molecular weight excluding hydrogens is 280 g/mol. The van der Waals surface area contributed by atoms with Gasteiger partial charge < -0.3 is 5.73 Å². The molecule has 1 aliphatic rings. The van der Waals surface area contributed by atoms with Crippen LogP contribution < -0.4 is 10.5 Å². The average Bonchev–Trinajstić information content (AvgIpc) is 3.00. The van der Waals surface area contributed by atoms with Crippen LogP contribution in [0.3, 0.4) is 0 Å². The molecule has 0 spiro atoms. The Balaban J connectivity index is 2.42. The quantitative estimate of drug-likeness (QED) is 0.823. The number of sulfonamides is 1. The second kappa shape index (κ2) is 4.53. The number of halogens is 1. The van der Waals surface area contributed by atoms with Gasteiger partial charge in [-0.25, -0.2) is 13.1 Å². The van der Waals surface area contributed by atoms with Crippen molar-refractivity contribution >= 4 is 38.8 Å². The van der Waals surface area contributed by atoms with Gasteiger partial charge in [0.2, 0.25) is 10.0 Å². The van der Waals surface area contributed by atoms with Gasteiger partial charge in [0.05, 0.1) is 5.02 Å². The van der Waals surface area contributed by atoms with Gasteiger partial charge in [0.25, 0.3) is 0 Å². The van der Waals surface area contributed by atoms with E-state index in [9.17, 15) is 8.42 Å². The van der Waals surface area contributed by atoms with Crippen LogP contribution in [-0.2, 0) is 10.0 Å². The van der Waals surface area contributed by atoms with E-state index < -0.39 is 10.0 Å². The summed E-state index contributed by atoms with van der Waals surface area (Å²) in [5.41, 5.74) is 5.95. The van der Waals surface area contributed by atoms with Crippen molar-refractivity contribution in [2.45, 2.75) is 23.8 Å². The van der Waals surface area contributed by atoms with E-state index in [1.54, 1.807) is 6.07 Å². The Morgan fingerprint density at radius 1 is 1.47 bits per heavy atom. The van der Waals surface area contributed by atoms with Crippen LogP contribution >= 0.6 is 23.8 Å². The molecule has 92 valence electrons. The predicted molar refractivity (Wildman–Crippen MR) is 70.7 cm³/mol. The number of thiocarbonyl (C=S) groups is 1. The Kier molecular flexibility index (Phi) is 3.40. The summed E-state index contributed by atoms with van der Waals surface area (Å²) >= 11 is 10.7. The van der Waals surface area contributed by atoms with Crippen LogP contribution in [0, 0.1) is 0 Å². The maximum Gasteiger partial charge on any atom is 0.242 e. The lowest BCUT2D eigenvalue weighted by atomic mass is 10.2. The molecule has 1 fully saturated rings. The topological polar surface area (TPSA) is 72.2 Å². The van der Waals surface area contributed by atoms with Crippen molar-refractivity contribution in [2.75, 3.05) is 0 Å². The summed E-state index contributed by atoms with van der Waals surface area (Å²) in [6.07, 6.45) is 1.73. The van der Waals surface area contributed by atoms with Gasteiger partial charge in [-0.15, -0.1) is 0 Å². The maximum absolute atomic E-state index is 12.0. The summed E-state index contributed by atoms with van der Waals surface area (Å²) in [6, 6.07) is 4.51. The van der Waals surface area contributed by atoms with E-state index in [0.717, 1.165) is 12.8 Å². The van der Waals surface area contributed by atoms with E-state index in [1.165, 1.54) is 12.1 Å². The van der Waals surface area contributed by atoms with Gasteiger partial charge in [-0.05, 0) is 25.0 Å². The molecule has 0 aliphatic heterocycles. The van der Waals surface area contributed by atoms with Crippen LogP contribution in [0.2, 0.25) is 5.02 Å². The van der Waals surface area contributed by atoms with Crippen LogP contribution in [0.15, 0.2) is 23.1 Å². The molecule has 3 N–H and O–H groups in total. The van der Waals surface area contributed by atoms with E-state index in [2.05, 4.69) is 4.72 Å². The Bertz CT molecular complexity index is 568. The molecule has 0 amide bonds. The lowest BCUT2D eigenvalue weighted by Gasteiger charge is -2.09. The third-order valence-electron chi connectivity index (χ3n) is 2.40. The van der Waals surface area contributed by atoms with Gasteiger partial charge >= 0.3 is 0 Å². The van der Waals surface area contributed by atoms with Crippen molar-refractivity contribution in [1.82, 2.24) is 4.72 Å². The molecule has 0 bridgehead atoms. The van der Waals surface area contributed by atoms with Crippen LogP contribution in [0.5, 0.6) is 0 Å². The largest absolute Gasteiger partial charge is 0.389 e. The van der Waals surface area contributed by atoms with E-state index in [1.807, 2.05) is 0 Å². The average molecular weight is 291 g/mol. The highest BCUT2D eigenvalue weighted by atomic mass is 35.5. The smallest absolute Gasteiger partial charge is 0.242 e. The highest BCUT2D eigenvalue weighted by molar-refractivity contribution is 7.89. The molecule has 0 heterocycles. The van der Waals surface area contributed by atoms with Crippen molar-refractivity contribution in [3.63, 3.8) is 0 Å². The van der Waals surface area contributed by atoms with Crippen LogP contribution in [-0.4, -0.2) is 19.4 Å². The molecule has 1 saturated carbocycles. The third-order valence-corrected chi connectivity index (χ3v) is 4.64. The highest BCUT2D eigenvalue weighted by Crippen LogP contribution is 2.26. The Hall–Kier alpha value is -0.690. The molecule has 0 atom stereocenters. The van der Waals surface area contributed by atoms with Gasteiger partial charge in [0.1, 0.15) is 9.88 Å². The van der Waals surface area contributed by atoms with E-state index >= 15 is 0 Å². The fourth-order valence-corrected chi connectivity index (χ4v) is 3.30. The lowest BCUT2D eigenvalue weighted by Crippen LogP contribution is -2.26. The molecule has 17 heavy (non-hydrogen) atoms. The molecule has 0 aromatic heterocycles. The fourth-order valence-electron chi connectivity index (χ4n) is 1.35. The summed E-state index contributed by atoms with van der Waals surface area (Å²) in [4.78, 5) is 0.168. The zero-order chi connectivity index (χ0) is 12.6. The van der Waals surface area contributed by atoms with Crippen LogP contribution in [0.25, 0.3) is 0 Å². The zero-order valence-corrected chi connectivity index (χ0v) is 11.2. The van der Waals surface area contributed by atoms with Crippen molar-refractivity contribution in [3.8, 4) is 0 Å². The molecule has 0 unspecified atom stereocenters. The molecule has 7 heteroatoms. The van der Waals surface area contributed by atoms with Crippen molar-refractivity contribution in [3.05, 3.63) is 28.8 Å². The van der Waals surface area contributed by atoms with Gasteiger partial charge in [0, 0.05) is 11.6 Å². The van der Waals surface area contributed by atoms with Gasteiger partial charge in [-0.2, -0.15) is 0 Å². The Labute approximate surface area is 110 Å². The SMILES string of the molecule is NC(=S)c1ccc(Cl)c(S(=O)(=O)NC2CC2)c1. The first-order valence-electron chi connectivity index (χ1n) is 5.02. The number of nitrogens with two attached hydrogens (primary N) is 1. The molecule has 1 aromatic carbocycles. The summed E-state index contributed by atoms with van der Waals surface area (Å²) in [7, 11) is -3.58. The second-order valence-corrected chi connectivity index (χ2v) is 6.43. The minimum Gasteiger partial charge on any atom is -0.389 e. The highest BCUT2D eigenvalue weighted by Gasteiger charge is 2.29. The molecular formula is C10H11ClN2O2S2. The van der Waals surface area contributed by atoms with Crippen LogP contribution in [0.4, 0.5) is 0 Å². The monoisotopic (exact) mass is 290 g/mol. The molecule has 1 aliphatic carbocycles. The number of benzene rings is 1. The van der Waals surface area contributed by atoms with Gasteiger partial charge in [-0.1, -0.05) is 29.9 Å². The van der Waals surface area contributed by atoms with Crippen molar-refractivity contribution in [1.29, 1.82) is 0 Å². The number of nitrogens with one attached hydrogen (secondary N) is 1. The first-order valence-corrected chi connectivity index (χ1v) is 7.29. The fraction of sp³-hybridized carbons (Fsp3) is 0.300. The molecule has 0 saturated heterocycles. The van der Waals surface area contributed by atoms with Crippen molar-refractivity contribution in [2.24, 2.45) is 5.73 Å². The summed E-state index contributed by atoms with van der Waals surface area (Å²) in [5, 5.41) is 0.165. The zero-order valence-electron chi connectivity index (χ0n) is 8.81.